The molecular formula is C84H52N4OS. The van der Waals surface area contributed by atoms with Gasteiger partial charge in [-0.1, -0.05) is 194 Å². The van der Waals surface area contributed by atoms with Gasteiger partial charge in [-0.05, 0) is 144 Å². The van der Waals surface area contributed by atoms with Gasteiger partial charge < -0.3 is 22.7 Å². The molecule has 0 N–H and O–H groups in total. The van der Waals surface area contributed by atoms with Gasteiger partial charge in [0.2, 0.25) is 0 Å². The van der Waals surface area contributed by atoms with Gasteiger partial charge in [-0.3, -0.25) is 0 Å². The van der Waals surface area contributed by atoms with E-state index in [1.807, 2.05) is 23.5 Å². The van der Waals surface area contributed by atoms with Gasteiger partial charge >= 0.3 is 0 Å². The van der Waals surface area contributed by atoms with E-state index >= 15 is 0 Å². The van der Waals surface area contributed by atoms with Crippen LogP contribution in [0, 0.1) is 0 Å². The van der Waals surface area contributed by atoms with Crippen LogP contribution in [0.2, 0.25) is 0 Å². The van der Waals surface area contributed by atoms with Gasteiger partial charge in [0.15, 0.2) is 0 Å². The van der Waals surface area contributed by atoms with Crippen molar-refractivity contribution in [3.8, 4) is 45.0 Å². The SMILES string of the molecule is c1ccc(-n2c3ccccc3c3ccc(-c4ccc5c6ccccc6n(-c6ccc7oc8ccccc8c7c6)c5c4)cc32)cc1.c1ccc(-n2c3ccccc3c3ccc(-c4ccc5c6ccccc6n(-c6ccc7sc8ccccc8c7c6)c5c4)cc32)cc1. The highest BCUT2D eigenvalue weighted by molar-refractivity contribution is 7.25. The van der Waals surface area contributed by atoms with Crippen molar-refractivity contribution in [2.45, 2.75) is 0 Å². The zero-order chi connectivity index (χ0) is 59.0. The van der Waals surface area contributed by atoms with Crippen molar-refractivity contribution >= 4 is 141 Å². The Bertz CT molecular complexity index is 5900. The molecule has 6 heteroatoms. The lowest BCUT2D eigenvalue weighted by molar-refractivity contribution is 0.669. The molecule has 90 heavy (non-hydrogen) atoms. The third-order valence-electron chi connectivity index (χ3n) is 18.6. The Balaban J connectivity index is 0.000000130. The molecule has 20 aromatic rings. The second kappa shape index (κ2) is 19.9. The van der Waals surface area contributed by atoms with Crippen LogP contribution in [0.1, 0.15) is 0 Å². The average molecular weight is 1170 g/mol. The minimum Gasteiger partial charge on any atom is -0.456 e. The first-order chi connectivity index (χ1) is 44.6. The first kappa shape index (κ1) is 50.5. The molecule has 0 unspecified atom stereocenters. The third-order valence-corrected chi connectivity index (χ3v) is 19.8. The molecule has 5 nitrogen and oxygen atoms in total. The van der Waals surface area contributed by atoms with E-state index in [4.69, 9.17) is 4.42 Å². The van der Waals surface area contributed by atoms with E-state index in [-0.39, 0.29) is 0 Å². The standard InChI is InChI=1S/C42H26N2O.C42H26N2S/c2*1-2-10-29(11-3-1)43-37-15-7-4-12-31(37)33-21-18-27(24-39(33)43)28-19-22-34-32-13-5-8-16-38(32)44(40(34)25-28)30-20-23-42-36(26-30)35-14-6-9-17-41(35)45-42/h2*1-26H. The van der Waals surface area contributed by atoms with E-state index in [1.54, 1.807) is 0 Å². The van der Waals surface area contributed by atoms with E-state index < -0.39 is 0 Å². The van der Waals surface area contributed by atoms with Crippen LogP contribution >= 0.6 is 11.3 Å². The van der Waals surface area contributed by atoms with Crippen molar-refractivity contribution in [3.05, 3.63) is 315 Å². The normalized spacial score (nSPS) is 12.0. The van der Waals surface area contributed by atoms with Gasteiger partial charge in [0, 0.05) is 96.8 Å². The molecule has 420 valence electrons. The lowest BCUT2D eigenvalue weighted by Crippen LogP contribution is -1.94. The third kappa shape index (κ3) is 7.75. The maximum absolute atomic E-state index is 6.16. The van der Waals surface area contributed by atoms with Crippen LogP contribution in [0.25, 0.3) is 174 Å². The van der Waals surface area contributed by atoms with Crippen molar-refractivity contribution in [2.24, 2.45) is 0 Å². The second-order valence-corrected chi connectivity index (χ2v) is 24.7. The number of furan rings is 1. The molecule has 0 radical (unpaired) electrons. The van der Waals surface area contributed by atoms with Crippen LogP contribution in [-0.2, 0) is 0 Å². The smallest absolute Gasteiger partial charge is 0.135 e. The van der Waals surface area contributed by atoms with E-state index in [0.29, 0.717) is 0 Å². The number of thiophene rings is 1. The summed E-state index contributed by atoms with van der Waals surface area (Å²) in [5, 5.41) is 15.0. The maximum Gasteiger partial charge on any atom is 0.135 e. The summed E-state index contributed by atoms with van der Waals surface area (Å²) in [4.78, 5) is 0. The van der Waals surface area contributed by atoms with Crippen LogP contribution in [-0.4, -0.2) is 18.3 Å². The molecule has 0 aliphatic rings. The molecule has 20 rings (SSSR count). The van der Waals surface area contributed by atoms with Crippen molar-refractivity contribution < 1.29 is 4.42 Å². The molecule has 0 aliphatic carbocycles. The molecule has 0 atom stereocenters. The number of nitrogens with zero attached hydrogens (tertiary/aromatic N) is 4. The molecular weight excluding hydrogens is 1110 g/mol. The number of hydrogen-bond donors (Lipinski definition) is 0. The Morgan fingerprint density at radius 1 is 0.189 bits per heavy atom. The van der Waals surface area contributed by atoms with Crippen molar-refractivity contribution in [1.82, 2.24) is 18.3 Å². The van der Waals surface area contributed by atoms with Gasteiger partial charge in [0.05, 0.1) is 44.1 Å². The quantitative estimate of drug-likeness (QED) is 0.163. The van der Waals surface area contributed by atoms with E-state index in [1.165, 1.54) is 147 Å². The topological polar surface area (TPSA) is 32.9 Å². The highest BCUT2D eigenvalue weighted by atomic mass is 32.1. The number of benzene rings is 14. The second-order valence-electron chi connectivity index (χ2n) is 23.6. The van der Waals surface area contributed by atoms with Gasteiger partial charge in [0.1, 0.15) is 11.2 Å². The molecule has 14 aromatic carbocycles. The van der Waals surface area contributed by atoms with Crippen LogP contribution in [0.5, 0.6) is 0 Å². The molecule has 6 heterocycles. The molecule has 0 fully saturated rings. The van der Waals surface area contributed by atoms with Gasteiger partial charge in [-0.2, -0.15) is 0 Å². The number of hydrogen-bond acceptors (Lipinski definition) is 2. The van der Waals surface area contributed by atoms with Crippen molar-refractivity contribution in [2.75, 3.05) is 0 Å². The number of aromatic nitrogens is 4. The summed E-state index contributed by atoms with van der Waals surface area (Å²) in [6, 6.07) is 114. The number of rotatable bonds is 6. The summed E-state index contributed by atoms with van der Waals surface area (Å²) < 4.78 is 18.4. The Kier molecular flexibility index (Phi) is 11.2. The predicted molar refractivity (Wildman–Crippen MR) is 381 cm³/mol. The Hall–Kier alpha value is -11.7. The zero-order valence-corrected chi connectivity index (χ0v) is 49.4. The lowest BCUT2D eigenvalue weighted by atomic mass is 10.0. The highest BCUT2D eigenvalue weighted by Gasteiger charge is 2.20. The molecule has 0 saturated carbocycles. The van der Waals surface area contributed by atoms with Gasteiger partial charge in [-0.25, -0.2) is 0 Å². The molecule has 0 bridgehead atoms. The summed E-state index contributed by atoms with van der Waals surface area (Å²) in [5.74, 6) is 0. The fourth-order valence-corrected chi connectivity index (χ4v) is 15.7. The van der Waals surface area contributed by atoms with E-state index in [9.17, 15) is 0 Å². The predicted octanol–water partition coefficient (Wildman–Crippen LogP) is 23.4. The van der Waals surface area contributed by atoms with Crippen LogP contribution in [0.4, 0.5) is 0 Å². The van der Waals surface area contributed by atoms with Gasteiger partial charge in [0.25, 0.3) is 0 Å². The highest BCUT2D eigenvalue weighted by Crippen LogP contribution is 2.43. The van der Waals surface area contributed by atoms with Crippen molar-refractivity contribution in [1.29, 1.82) is 0 Å². The average Bonchev–Trinajstić information content (AvgIpc) is 1.66. The number of para-hydroxylation sites is 7. The Morgan fingerprint density at radius 2 is 0.511 bits per heavy atom. The Labute approximate surface area is 520 Å². The summed E-state index contributed by atoms with van der Waals surface area (Å²) in [6.45, 7) is 0. The van der Waals surface area contributed by atoms with Crippen LogP contribution in [0.15, 0.2) is 320 Å². The monoisotopic (exact) mass is 1160 g/mol. The zero-order valence-electron chi connectivity index (χ0n) is 48.6. The maximum atomic E-state index is 6.16. The first-order valence-electron chi connectivity index (χ1n) is 30.7. The van der Waals surface area contributed by atoms with Crippen LogP contribution in [0.3, 0.4) is 0 Å². The summed E-state index contributed by atoms with van der Waals surface area (Å²) in [6.07, 6.45) is 0. The summed E-state index contributed by atoms with van der Waals surface area (Å²) in [5.41, 5.74) is 21.0. The molecule has 0 saturated heterocycles. The molecule has 0 amide bonds. The largest absolute Gasteiger partial charge is 0.456 e. The number of fused-ring (bicyclic) bond motifs is 18. The lowest BCUT2D eigenvalue weighted by Gasteiger charge is -2.11. The fraction of sp³-hybridized carbons (Fsp3) is 0. The minimum atomic E-state index is 0.906. The summed E-state index contributed by atoms with van der Waals surface area (Å²) >= 11 is 1.87. The molecule has 6 aromatic heterocycles. The van der Waals surface area contributed by atoms with Crippen LogP contribution < -0.4 is 0 Å². The summed E-state index contributed by atoms with van der Waals surface area (Å²) in [7, 11) is 0. The first-order valence-corrected chi connectivity index (χ1v) is 31.5. The van der Waals surface area contributed by atoms with E-state index in [2.05, 4.69) is 322 Å². The van der Waals surface area contributed by atoms with Crippen molar-refractivity contribution in [3.63, 3.8) is 0 Å². The fourth-order valence-electron chi connectivity index (χ4n) is 14.6. The van der Waals surface area contributed by atoms with E-state index in [0.717, 1.165) is 27.6 Å². The van der Waals surface area contributed by atoms with Gasteiger partial charge in [-0.15, -0.1) is 11.3 Å². The Morgan fingerprint density at radius 3 is 0.967 bits per heavy atom. The molecule has 0 aliphatic heterocycles. The molecule has 0 spiro atoms. The minimum absolute atomic E-state index is 0.906.